The molecule has 0 bridgehead atoms. The van der Waals surface area contributed by atoms with E-state index in [1.807, 2.05) is 0 Å². The number of amides is 1. The van der Waals surface area contributed by atoms with Crippen LogP contribution in [0.4, 0.5) is 10.7 Å². The molecule has 24 heavy (non-hydrogen) atoms. The number of carbonyl (C=O) groups is 1. The zero-order chi connectivity index (χ0) is 17.4. The summed E-state index contributed by atoms with van der Waals surface area (Å²) < 4.78 is 1.30. The highest BCUT2D eigenvalue weighted by Gasteiger charge is 2.30. The number of aromatic nitrogens is 2. The summed E-state index contributed by atoms with van der Waals surface area (Å²) in [7, 11) is 1.55. The molecule has 0 atom stereocenters. The first-order valence-corrected chi connectivity index (χ1v) is 8.29. The van der Waals surface area contributed by atoms with Crippen molar-refractivity contribution in [1.29, 1.82) is 5.26 Å². The Kier molecular flexibility index (Phi) is 4.07. The van der Waals surface area contributed by atoms with Gasteiger partial charge in [-0.3, -0.25) is 19.6 Å². The van der Waals surface area contributed by atoms with Crippen molar-refractivity contribution >= 4 is 27.9 Å². The van der Waals surface area contributed by atoms with Gasteiger partial charge in [-0.1, -0.05) is 0 Å². The summed E-state index contributed by atoms with van der Waals surface area (Å²) in [6.45, 7) is 1.53. The van der Waals surface area contributed by atoms with Gasteiger partial charge in [0.2, 0.25) is 5.69 Å². The minimum absolute atomic E-state index is 0.240. The molecule has 0 saturated heterocycles. The van der Waals surface area contributed by atoms with Crippen molar-refractivity contribution in [2.24, 2.45) is 7.05 Å². The highest BCUT2D eigenvalue weighted by Crippen LogP contribution is 2.38. The fraction of sp³-hybridized carbons (Fsp3) is 0.400. The van der Waals surface area contributed by atoms with Crippen LogP contribution in [-0.2, 0) is 19.9 Å². The van der Waals surface area contributed by atoms with E-state index < -0.39 is 10.8 Å². The molecular formula is C15H15N5O3S. The normalized spacial score (nSPS) is 13.2. The average molecular weight is 345 g/mol. The van der Waals surface area contributed by atoms with Crippen molar-refractivity contribution in [3.8, 4) is 6.07 Å². The van der Waals surface area contributed by atoms with Crippen molar-refractivity contribution in [3.63, 3.8) is 0 Å². The van der Waals surface area contributed by atoms with Crippen molar-refractivity contribution < 1.29 is 9.72 Å². The highest BCUT2D eigenvalue weighted by atomic mass is 32.1. The number of rotatable bonds is 3. The molecule has 2 heterocycles. The summed E-state index contributed by atoms with van der Waals surface area (Å²) in [4.78, 5) is 24.2. The summed E-state index contributed by atoms with van der Waals surface area (Å²) in [6.07, 6.45) is 3.81. The Labute approximate surface area is 141 Å². The number of nitro groups is 1. The third-order valence-corrected chi connectivity index (χ3v) is 5.42. The summed E-state index contributed by atoms with van der Waals surface area (Å²) in [5.41, 5.74) is 1.22. The fourth-order valence-corrected chi connectivity index (χ4v) is 4.14. The van der Waals surface area contributed by atoms with Crippen LogP contribution in [0.25, 0.3) is 0 Å². The second-order valence-electron chi connectivity index (χ2n) is 5.64. The maximum absolute atomic E-state index is 12.5. The van der Waals surface area contributed by atoms with Crippen LogP contribution in [0.15, 0.2) is 0 Å². The van der Waals surface area contributed by atoms with Crippen LogP contribution in [0.3, 0.4) is 0 Å². The van der Waals surface area contributed by atoms with E-state index in [0.717, 1.165) is 36.1 Å². The Hall–Kier alpha value is -2.73. The predicted octanol–water partition coefficient (Wildman–Crippen LogP) is 2.70. The van der Waals surface area contributed by atoms with E-state index in [9.17, 15) is 20.2 Å². The summed E-state index contributed by atoms with van der Waals surface area (Å²) in [5, 5.41) is 27.7. The van der Waals surface area contributed by atoms with E-state index >= 15 is 0 Å². The van der Waals surface area contributed by atoms with Gasteiger partial charge in [0, 0.05) is 11.9 Å². The predicted molar refractivity (Wildman–Crippen MR) is 88.2 cm³/mol. The van der Waals surface area contributed by atoms with E-state index in [2.05, 4.69) is 16.5 Å². The first kappa shape index (κ1) is 16.1. The molecule has 124 valence electrons. The second kappa shape index (κ2) is 6.05. The number of thiophene rings is 1. The first-order chi connectivity index (χ1) is 11.4. The van der Waals surface area contributed by atoms with Crippen LogP contribution < -0.4 is 5.32 Å². The third kappa shape index (κ3) is 2.55. The lowest BCUT2D eigenvalue weighted by molar-refractivity contribution is -0.385. The lowest BCUT2D eigenvalue weighted by atomic mass is 9.96. The molecule has 1 aliphatic carbocycles. The molecule has 1 amide bonds. The van der Waals surface area contributed by atoms with Crippen molar-refractivity contribution in [1.82, 2.24) is 9.78 Å². The Morgan fingerprint density at radius 1 is 1.46 bits per heavy atom. The molecule has 0 spiro atoms. The number of nitrogens with zero attached hydrogens (tertiary/aromatic N) is 4. The van der Waals surface area contributed by atoms with Gasteiger partial charge in [0.05, 0.1) is 10.5 Å². The van der Waals surface area contributed by atoms with Gasteiger partial charge in [-0.05, 0) is 38.2 Å². The van der Waals surface area contributed by atoms with Gasteiger partial charge in [-0.25, -0.2) is 0 Å². The van der Waals surface area contributed by atoms with Gasteiger partial charge in [-0.15, -0.1) is 11.3 Å². The monoisotopic (exact) mass is 345 g/mol. The molecule has 0 aromatic carbocycles. The zero-order valence-corrected chi connectivity index (χ0v) is 14.1. The Balaban J connectivity index is 1.97. The van der Waals surface area contributed by atoms with E-state index in [1.165, 1.54) is 22.9 Å². The molecule has 0 aliphatic heterocycles. The zero-order valence-electron chi connectivity index (χ0n) is 13.3. The molecule has 2 aromatic rings. The second-order valence-corrected chi connectivity index (χ2v) is 6.75. The van der Waals surface area contributed by atoms with Crippen LogP contribution in [0.1, 0.15) is 45.0 Å². The maximum Gasteiger partial charge on any atom is 0.322 e. The number of hydrogen-bond acceptors (Lipinski definition) is 6. The summed E-state index contributed by atoms with van der Waals surface area (Å²) in [6, 6.07) is 2.15. The van der Waals surface area contributed by atoms with Crippen LogP contribution in [0, 0.1) is 28.4 Å². The molecular weight excluding hydrogens is 330 g/mol. The third-order valence-electron chi connectivity index (χ3n) is 4.21. The van der Waals surface area contributed by atoms with E-state index in [-0.39, 0.29) is 11.4 Å². The highest BCUT2D eigenvalue weighted by molar-refractivity contribution is 7.16. The van der Waals surface area contributed by atoms with Gasteiger partial charge < -0.3 is 5.32 Å². The number of hydrogen-bond donors (Lipinski definition) is 1. The fourth-order valence-electron chi connectivity index (χ4n) is 2.90. The Bertz CT molecular complexity index is 890. The molecule has 2 aromatic heterocycles. The standard InChI is InChI=1S/C15H15N5O3S/c1-8-13(20(22)23)12(18-19(8)2)14(21)17-15-10(7-16)9-5-3-4-6-11(9)24-15/h3-6H2,1-2H3,(H,17,21). The van der Waals surface area contributed by atoms with E-state index in [0.29, 0.717) is 16.3 Å². The molecule has 3 rings (SSSR count). The maximum atomic E-state index is 12.5. The van der Waals surface area contributed by atoms with Gasteiger partial charge >= 0.3 is 5.69 Å². The SMILES string of the molecule is Cc1c([N+](=O)[O-])c(C(=O)Nc2sc3c(c2C#N)CCCC3)nn1C. The average Bonchev–Trinajstić information content (AvgIpc) is 3.04. The van der Waals surface area contributed by atoms with E-state index in [4.69, 9.17) is 0 Å². The molecule has 1 N–H and O–H groups in total. The molecule has 9 heteroatoms. The van der Waals surface area contributed by atoms with Crippen LogP contribution in [0.2, 0.25) is 0 Å². The number of nitriles is 1. The lowest BCUT2D eigenvalue weighted by Gasteiger charge is -2.09. The van der Waals surface area contributed by atoms with Crippen molar-refractivity contribution in [2.45, 2.75) is 32.6 Å². The quantitative estimate of drug-likeness (QED) is 0.678. The minimum atomic E-state index is -0.666. The molecule has 0 radical (unpaired) electrons. The first-order valence-electron chi connectivity index (χ1n) is 7.48. The van der Waals surface area contributed by atoms with Crippen molar-refractivity contribution in [3.05, 3.63) is 37.5 Å². The summed E-state index contributed by atoms with van der Waals surface area (Å²) in [5.74, 6) is -0.666. The van der Waals surface area contributed by atoms with Gasteiger partial charge in [0.25, 0.3) is 5.91 Å². The Morgan fingerprint density at radius 3 is 2.83 bits per heavy atom. The minimum Gasteiger partial charge on any atom is -0.311 e. The molecule has 1 aliphatic rings. The Morgan fingerprint density at radius 2 is 2.17 bits per heavy atom. The topological polar surface area (TPSA) is 114 Å². The largest absolute Gasteiger partial charge is 0.322 e. The number of carbonyl (C=O) groups excluding carboxylic acids is 1. The van der Waals surface area contributed by atoms with Crippen LogP contribution in [0.5, 0.6) is 0 Å². The number of anilines is 1. The molecule has 0 fully saturated rings. The van der Waals surface area contributed by atoms with Crippen LogP contribution >= 0.6 is 11.3 Å². The molecule has 0 unspecified atom stereocenters. The van der Waals surface area contributed by atoms with Gasteiger partial charge in [0.15, 0.2) is 0 Å². The van der Waals surface area contributed by atoms with Gasteiger partial charge in [-0.2, -0.15) is 10.4 Å². The number of nitrogens with one attached hydrogen (secondary N) is 1. The van der Waals surface area contributed by atoms with Gasteiger partial charge in [0.1, 0.15) is 16.8 Å². The van der Waals surface area contributed by atoms with Crippen molar-refractivity contribution in [2.75, 3.05) is 5.32 Å². The number of aryl methyl sites for hydroxylation is 2. The smallest absolute Gasteiger partial charge is 0.311 e. The number of fused-ring (bicyclic) bond motifs is 1. The molecule has 0 saturated carbocycles. The molecule has 8 nitrogen and oxygen atoms in total. The summed E-state index contributed by atoms with van der Waals surface area (Å²) >= 11 is 1.38. The lowest BCUT2D eigenvalue weighted by Crippen LogP contribution is -2.14. The van der Waals surface area contributed by atoms with E-state index in [1.54, 1.807) is 7.05 Å². The van der Waals surface area contributed by atoms with Crippen LogP contribution in [-0.4, -0.2) is 20.6 Å².